The lowest BCUT2D eigenvalue weighted by Crippen LogP contribution is -2.12. The van der Waals surface area contributed by atoms with Gasteiger partial charge in [0.1, 0.15) is 11.9 Å². The molecule has 0 radical (unpaired) electrons. The molecule has 0 aromatic heterocycles. The van der Waals surface area contributed by atoms with Gasteiger partial charge in [0.05, 0.1) is 13.0 Å². The fraction of sp³-hybridized carbons (Fsp3) is 0.346. The van der Waals surface area contributed by atoms with Gasteiger partial charge in [-0.2, -0.15) is 0 Å². The van der Waals surface area contributed by atoms with Gasteiger partial charge in [-0.1, -0.05) is 52.4 Å². The average molecular weight is 467 g/mol. The molecule has 3 nitrogen and oxygen atoms in total. The van der Waals surface area contributed by atoms with Crippen LogP contribution in [-0.2, 0) is 16.0 Å². The summed E-state index contributed by atoms with van der Waals surface area (Å²) in [6.45, 7) is 2.26. The Kier molecular flexibility index (Phi) is 6.73. The van der Waals surface area contributed by atoms with Crippen molar-refractivity contribution in [3.05, 3.63) is 87.4 Å². The zero-order valence-electron chi connectivity index (χ0n) is 17.3. The van der Waals surface area contributed by atoms with E-state index in [4.69, 9.17) is 9.47 Å². The Labute approximate surface area is 186 Å². The summed E-state index contributed by atoms with van der Waals surface area (Å²) in [6, 6.07) is 14.6. The maximum atomic E-state index is 12.2. The molecule has 0 aliphatic heterocycles. The van der Waals surface area contributed by atoms with E-state index in [2.05, 4.69) is 64.5 Å². The zero-order valence-corrected chi connectivity index (χ0v) is 18.9. The molecular formula is C26H27BrO3. The molecule has 0 saturated heterocycles. The third-order valence-corrected chi connectivity index (χ3v) is 6.28. The normalized spacial score (nSPS) is 18.5. The molecule has 4 rings (SSSR count). The van der Waals surface area contributed by atoms with Crippen LogP contribution >= 0.6 is 15.9 Å². The Morgan fingerprint density at radius 1 is 1.17 bits per heavy atom. The molecular weight excluding hydrogens is 440 g/mol. The topological polar surface area (TPSA) is 35.5 Å². The van der Waals surface area contributed by atoms with Crippen LogP contribution in [0, 0.1) is 0 Å². The third-order valence-electron chi connectivity index (χ3n) is 5.79. The molecule has 0 N–H and O–H groups in total. The lowest BCUT2D eigenvalue weighted by Gasteiger charge is -2.21. The largest absolute Gasteiger partial charge is 0.486 e. The number of allylic oxidation sites excluding steroid dienone is 4. The number of fused-ring (bicyclic) bond motifs is 1. The number of rotatable bonds is 7. The van der Waals surface area contributed by atoms with Crippen molar-refractivity contribution in [3.8, 4) is 5.75 Å². The Bertz CT molecular complexity index is 959. The van der Waals surface area contributed by atoms with Gasteiger partial charge < -0.3 is 9.47 Å². The fourth-order valence-corrected chi connectivity index (χ4v) is 4.73. The van der Waals surface area contributed by atoms with Crippen molar-refractivity contribution >= 4 is 21.9 Å². The van der Waals surface area contributed by atoms with E-state index in [-0.39, 0.29) is 18.0 Å². The highest BCUT2D eigenvalue weighted by Crippen LogP contribution is 2.37. The van der Waals surface area contributed by atoms with E-state index in [9.17, 15) is 4.79 Å². The fourth-order valence-electron chi connectivity index (χ4n) is 4.32. The monoisotopic (exact) mass is 466 g/mol. The Morgan fingerprint density at radius 3 is 2.73 bits per heavy atom. The molecule has 0 amide bonds. The second-order valence-electron chi connectivity index (χ2n) is 7.80. The van der Waals surface area contributed by atoms with Gasteiger partial charge in [0, 0.05) is 10.4 Å². The maximum absolute atomic E-state index is 12.2. The lowest BCUT2D eigenvalue weighted by molar-refractivity contribution is -0.143. The minimum atomic E-state index is -0.156. The van der Waals surface area contributed by atoms with Crippen LogP contribution in [0.1, 0.15) is 61.3 Å². The van der Waals surface area contributed by atoms with Crippen molar-refractivity contribution in [1.29, 1.82) is 0 Å². The minimum absolute atomic E-state index is 0.0132. The van der Waals surface area contributed by atoms with E-state index in [1.54, 1.807) is 0 Å². The SMILES string of the molecule is CCOC(=O)CC(C1=CCCC=C1)c1ccc(OC2CCc3cc(Br)ccc32)cc1. The molecule has 0 saturated carbocycles. The van der Waals surface area contributed by atoms with Crippen molar-refractivity contribution < 1.29 is 14.3 Å². The van der Waals surface area contributed by atoms with E-state index >= 15 is 0 Å². The predicted molar refractivity (Wildman–Crippen MR) is 123 cm³/mol. The summed E-state index contributed by atoms with van der Waals surface area (Å²) in [4.78, 5) is 12.2. The van der Waals surface area contributed by atoms with Crippen LogP contribution in [0.4, 0.5) is 0 Å². The van der Waals surface area contributed by atoms with Gasteiger partial charge in [0.2, 0.25) is 0 Å². The molecule has 0 heterocycles. The van der Waals surface area contributed by atoms with Crippen LogP contribution in [0.15, 0.2) is 70.7 Å². The summed E-state index contributed by atoms with van der Waals surface area (Å²) in [5, 5.41) is 0. The van der Waals surface area contributed by atoms with E-state index < -0.39 is 0 Å². The van der Waals surface area contributed by atoms with Gasteiger partial charge in [-0.15, -0.1) is 0 Å². The Hall–Kier alpha value is -2.33. The van der Waals surface area contributed by atoms with Gasteiger partial charge in [-0.3, -0.25) is 4.79 Å². The van der Waals surface area contributed by atoms with Crippen LogP contribution in [0.5, 0.6) is 5.75 Å². The molecule has 0 fully saturated rings. The number of hydrogen-bond acceptors (Lipinski definition) is 3. The smallest absolute Gasteiger partial charge is 0.306 e. The molecule has 0 bridgehead atoms. The summed E-state index contributed by atoms with van der Waals surface area (Å²) in [5.41, 5.74) is 4.94. The predicted octanol–water partition coefficient (Wildman–Crippen LogP) is 6.83. The number of halogens is 1. The van der Waals surface area contributed by atoms with E-state index in [1.807, 2.05) is 19.1 Å². The van der Waals surface area contributed by atoms with E-state index in [0.29, 0.717) is 13.0 Å². The van der Waals surface area contributed by atoms with Gasteiger partial charge in [-0.05, 0) is 79.1 Å². The molecule has 2 aliphatic carbocycles. The van der Waals surface area contributed by atoms with Crippen molar-refractivity contribution in [2.75, 3.05) is 6.61 Å². The highest BCUT2D eigenvalue weighted by atomic mass is 79.9. The summed E-state index contributed by atoms with van der Waals surface area (Å²) in [6.07, 6.45) is 11.1. The van der Waals surface area contributed by atoms with E-state index in [0.717, 1.165) is 41.5 Å². The highest BCUT2D eigenvalue weighted by Gasteiger charge is 2.25. The first-order valence-electron chi connectivity index (χ1n) is 10.7. The summed E-state index contributed by atoms with van der Waals surface area (Å²) >= 11 is 3.55. The number of ether oxygens (including phenoxy) is 2. The van der Waals surface area contributed by atoms with Crippen molar-refractivity contribution in [2.45, 2.75) is 51.0 Å². The third kappa shape index (κ3) is 4.86. The summed E-state index contributed by atoms with van der Waals surface area (Å²) in [5.74, 6) is 0.721. The second kappa shape index (κ2) is 9.65. The van der Waals surface area contributed by atoms with Gasteiger partial charge in [0.15, 0.2) is 0 Å². The van der Waals surface area contributed by atoms with Crippen molar-refractivity contribution in [3.63, 3.8) is 0 Å². The molecule has 2 unspecified atom stereocenters. The molecule has 2 aromatic carbocycles. The van der Waals surface area contributed by atoms with Crippen LogP contribution in [0.25, 0.3) is 0 Å². The first kappa shape index (κ1) is 20.9. The van der Waals surface area contributed by atoms with Gasteiger partial charge in [0.25, 0.3) is 0 Å². The summed E-state index contributed by atoms with van der Waals surface area (Å²) in [7, 11) is 0. The Morgan fingerprint density at radius 2 is 2.00 bits per heavy atom. The first-order chi connectivity index (χ1) is 14.6. The van der Waals surface area contributed by atoms with Crippen LogP contribution in [0.3, 0.4) is 0 Å². The Balaban J connectivity index is 1.50. The molecule has 2 atom stereocenters. The van der Waals surface area contributed by atoms with Crippen molar-refractivity contribution in [2.24, 2.45) is 0 Å². The molecule has 2 aliphatic rings. The van der Waals surface area contributed by atoms with Crippen LogP contribution in [0.2, 0.25) is 0 Å². The number of carbonyl (C=O) groups excluding carboxylic acids is 1. The van der Waals surface area contributed by atoms with Gasteiger partial charge in [-0.25, -0.2) is 0 Å². The first-order valence-corrected chi connectivity index (χ1v) is 11.5. The number of hydrogen-bond donors (Lipinski definition) is 0. The quantitative estimate of drug-likeness (QED) is 0.419. The average Bonchev–Trinajstić information content (AvgIpc) is 3.15. The number of aryl methyl sites for hydroxylation is 1. The standard InChI is InChI=1S/C26H27BrO3/c1-2-29-26(28)17-24(18-6-4-3-5-7-18)19-8-12-22(13-9-19)30-25-15-10-20-16-21(27)11-14-23(20)25/h4,6-9,11-14,16,24-25H,2-3,5,10,15,17H2,1H3. The van der Waals surface area contributed by atoms with Crippen molar-refractivity contribution in [1.82, 2.24) is 0 Å². The number of esters is 1. The zero-order chi connectivity index (χ0) is 20.9. The highest BCUT2D eigenvalue weighted by molar-refractivity contribution is 9.10. The molecule has 4 heteroatoms. The molecule has 156 valence electrons. The van der Waals surface area contributed by atoms with Crippen LogP contribution in [-0.4, -0.2) is 12.6 Å². The lowest BCUT2D eigenvalue weighted by atomic mass is 9.85. The molecule has 2 aromatic rings. The maximum Gasteiger partial charge on any atom is 0.306 e. The van der Waals surface area contributed by atoms with Gasteiger partial charge >= 0.3 is 5.97 Å². The number of carbonyl (C=O) groups is 1. The molecule has 0 spiro atoms. The summed E-state index contributed by atoms with van der Waals surface area (Å²) < 4.78 is 12.6. The van der Waals surface area contributed by atoms with E-state index in [1.165, 1.54) is 16.7 Å². The minimum Gasteiger partial charge on any atom is -0.486 e. The number of benzene rings is 2. The second-order valence-corrected chi connectivity index (χ2v) is 8.72. The van der Waals surface area contributed by atoms with Crippen LogP contribution < -0.4 is 4.74 Å². The molecule has 30 heavy (non-hydrogen) atoms.